The number of piperidine rings is 3. The molecule has 4 fully saturated rings. The number of hydrogen-bond donors (Lipinski definition) is 1. The summed E-state index contributed by atoms with van der Waals surface area (Å²) >= 11 is 0. The van der Waals surface area contributed by atoms with Crippen molar-refractivity contribution < 1.29 is 19.2 Å². The van der Waals surface area contributed by atoms with Crippen LogP contribution in [0.25, 0.3) is 0 Å². The monoisotopic (exact) mass is 512 g/mol. The Hall–Kier alpha value is -3.52. The van der Waals surface area contributed by atoms with Gasteiger partial charge in [-0.2, -0.15) is 0 Å². The van der Waals surface area contributed by atoms with Crippen molar-refractivity contribution >= 4 is 29.3 Å². The number of carbonyl (C=O) groups excluding carboxylic acids is 4. The van der Waals surface area contributed by atoms with Gasteiger partial charge < -0.3 is 9.80 Å². The van der Waals surface area contributed by atoms with Gasteiger partial charge in [-0.25, -0.2) is 0 Å². The first-order chi connectivity index (χ1) is 18.4. The van der Waals surface area contributed by atoms with Crippen LogP contribution >= 0.6 is 0 Å². The molecule has 38 heavy (non-hydrogen) atoms. The second kappa shape index (κ2) is 9.05. The van der Waals surface area contributed by atoms with Crippen molar-refractivity contribution in [1.29, 1.82) is 0 Å². The first-order valence-corrected chi connectivity index (χ1v) is 13.8. The minimum atomic E-state index is -0.577. The van der Waals surface area contributed by atoms with Gasteiger partial charge in [-0.15, -0.1) is 0 Å². The zero-order valence-electron chi connectivity index (χ0n) is 21.4. The van der Waals surface area contributed by atoms with Crippen molar-refractivity contribution in [3.05, 3.63) is 64.7 Å². The van der Waals surface area contributed by atoms with Gasteiger partial charge in [0, 0.05) is 43.2 Å². The predicted molar refractivity (Wildman–Crippen MR) is 140 cm³/mol. The van der Waals surface area contributed by atoms with Crippen LogP contribution < -0.4 is 10.2 Å². The lowest BCUT2D eigenvalue weighted by molar-refractivity contribution is -0.137. The molecule has 2 aromatic rings. The summed E-state index contributed by atoms with van der Waals surface area (Å²) in [5.74, 6) is 0.823. The molecule has 0 spiro atoms. The van der Waals surface area contributed by atoms with Crippen molar-refractivity contribution in [2.75, 3.05) is 24.5 Å². The number of likely N-dealkylation sites (tertiary alicyclic amines) is 1. The van der Waals surface area contributed by atoms with Gasteiger partial charge in [-0.3, -0.25) is 29.4 Å². The lowest BCUT2D eigenvalue weighted by atomic mass is 9.87. The molecule has 4 heterocycles. The highest BCUT2D eigenvalue weighted by atomic mass is 16.2. The zero-order chi connectivity index (χ0) is 26.0. The summed E-state index contributed by atoms with van der Waals surface area (Å²) in [7, 11) is 0. The number of anilines is 1. The summed E-state index contributed by atoms with van der Waals surface area (Å²) in [6, 6.07) is 14.0. The van der Waals surface area contributed by atoms with E-state index in [0.29, 0.717) is 36.3 Å². The van der Waals surface area contributed by atoms with Gasteiger partial charge in [-0.05, 0) is 85.5 Å². The van der Waals surface area contributed by atoms with E-state index in [1.807, 2.05) is 11.0 Å². The van der Waals surface area contributed by atoms with E-state index < -0.39 is 6.04 Å². The van der Waals surface area contributed by atoms with Crippen molar-refractivity contribution in [3.8, 4) is 0 Å². The largest absolute Gasteiger partial charge is 0.322 e. The molecule has 4 aliphatic heterocycles. The molecule has 2 aromatic carbocycles. The summed E-state index contributed by atoms with van der Waals surface area (Å²) in [4.78, 5) is 55.4. The van der Waals surface area contributed by atoms with Crippen molar-refractivity contribution in [2.24, 2.45) is 11.8 Å². The van der Waals surface area contributed by atoms with Crippen LogP contribution in [-0.2, 0) is 27.5 Å². The van der Waals surface area contributed by atoms with Crippen LogP contribution in [0.4, 0.5) is 5.69 Å². The molecule has 7 rings (SSSR count). The number of amides is 4. The third kappa shape index (κ3) is 4.11. The van der Waals surface area contributed by atoms with Crippen molar-refractivity contribution in [1.82, 2.24) is 15.1 Å². The summed E-state index contributed by atoms with van der Waals surface area (Å²) < 4.78 is 0. The van der Waals surface area contributed by atoms with Gasteiger partial charge in [0.15, 0.2) is 0 Å². The van der Waals surface area contributed by atoms with Crippen LogP contribution in [-0.4, -0.2) is 59.1 Å². The molecule has 4 amide bonds. The molecule has 8 heteroatoms. The minimum Gasteiger partial charge on any atom is -0.322 e. The summed E-state index contributed by atoms with van der Waals surface area (Å²) in [6.07, 6.45) is 3.83. The van der Waals surface area contributed by atoms with Crippen LogP contribution in [0, 0.1) is 11.8 Å². The standard InChI is InChI=1S/C30H32N4O4/c35-27-7-6-26(28(36)31-27)34-17-21-13-20(4-5-24(21)29(34)37)19-8-10-32(11-9-19)15-18-2-1-3-23(12-18)33-16-22-14-25(22)30(33)38/h1-5,12-13,19,22,25-26H,6-11,14-17H2,(H,31,35,36). The molecule has 3 atom stereocenters. The van der Waals surface area contributed by atoms with Crippen LogP contribution in [0.1, 0.15) is 65.1 Å². The Kier molecular flexibility index (Phi) is 5.62. The maximum absolute atomic E-state index is 13.0. The van der Waals surface area contributed by atoms with E-state index >= 15 is 0 Å². The lowest BCUT2D eigenvalue weighted by Gasteiger charge is -2.32. The van der Waals surface area contributed by atoms with E-state index in [-0.39, 0.29) is 30.1 Å². The Balaban J connectivity index is 0.972. The Morgan fingerprint density at radius 1 is 0.947 bits per heavy atom. The highest BCUT2D eigenvalue weighted by Gasteiger charge is 2.52. The van der Waals surface area contributed by atoms with Gasteiger partial charge in [0.1, 0.15) is 6.04 Å². The normalized spacial score (nSPS) is 27.5. The number of nitrogens with zero attached hydrogens (tertiary/aromatic N) is 3. The average Bonchev–Trinajstić information content (AvgIpc) is 3.53. The molecular formula is C30H32N4O4. The zero-order valence-corrected chi connectivity index (χ0v) is 21.4. The molecule has 8 nitrogen and oxygen atoms in total. The first-order valence-electron chi connectivity index (χ1n) is 13.8. The molecule has 1 aliphatic carbocycles. The molecule has 3 saturated heterocycles. The van der Waals surface area contributed by atoms with Gasteiger partial charge in [0.05, 0.1) is 0 Å². The number of imide groups is 1. The van der Waals surface area contributed by atoms with Gasteiger partial charge in [0.2, 0.25) is 17.7 Å². The van der Waals surface area contributed by atoms with Crippen LogP contribution in [0.2, 0.25) is 0 Å². The molecule has 1 saturated carbocycles. The fourth-order valence-electron chi connectivity index (χ4n) is 6.86. The molecule has 5 aliphatic rings. The van der Waals surface area contributed by atoms with E-state index in [1.165, 1.54) is 11.1 Å². The lowest BCUT2D eigenvalue weighted by Crippen LogP contribution is -2.52. The smallest absolute Gasteiger partial charge is 0.255 e. The molecule has 3 unspecified atom stereocenters. The van der Waals surface area contributed by atoms with Gasteiger partial charge in [0.25, 0.3) is 5.91 Å². The number of fused-ring (bicyclic) bond motifs is 2. The van der Waals surface area contributed by atoms with Gasteiger partial charge in [-0.1, -0.05) is 24.3 Å². The second-order valence-corrected chi connectivity index (χ2v) is 11.6. The van der Waals surface area contributed by atoms with E-state index in [4.69, 9.17) is 0 Å². The van der Waals surface area contributed by atoms with E-state index in [0.717, 1.165) is 56.7 Å². The maximum Gasteiger partial charge on any atom is 0.255 e. The average molecular weight is 513 g/mol. The highest BCUT2D eigenvalue weighted by molar-refractivity contribution is 6.05. The van der Waals surface area contributed by atoms with Crippen LogP contribution in [0.3, 0.4) is 0 Å². The SMILES string of the molecule is O=C1CCC(N2Cc3cc(C4CCN(Cc5cccc(N6CC7CC7C6=O)c5)CC4)ccc3C2=O)C(=O)N1. The molecule has 0 aromatic heterocycles. The number of benzene rings is 2. The van der Waals surface area contributed by atoms with E-state index in [1.54, 1.807) is 4.90 Å². The molecule has 0 radical (unpaired) electrons. The summed E-state index contributed by atoms with van der Waals surface area (Å²) in [5.41, 5.74) is 5.19. The Labute approximate surface area is 222 Å². The molecular weight excluding hydrogens is 480 g/mol. The van der Waals surface area contributed by atoms with Crippen LogP contribution in [0.5, 0.6) is 0 Å². The van der Waals surface area contributed by atoms with Gasteiger partial charge >= 0.3 is 0 Å². The number of rotatable bonds is 5. The number of nitrogens with one attached hydrogen (secondary N) is 1. The Morgan fingerprint density at radius 2 is 1.79 bits per heavy atom. The molecule has 0 bridgehead atoms. The fourth-order valence-corrected chi connectivity index (χ4v) is 6.86. The fraction of sp³-hybridized carbons (Fsp3) is 0.467. The number of carbonyl (C=O) groups is 4. The predicted octanol–water partition coefficient (Wildman–Crippen LogP) is 2.81. The highest BCUT2D eigenvalue weighted by Crippen LogP contribution is 2.47. The summed E-state index contributed by atoms with van der Waals surface area (Å²) in [5, 5.41) is 2.37. The number of hydrogen-bond acceptors (Lipinski definition) is 5. The van der Waals surface area contributed by atoms with Crippen molar-refractivity contribution in [2.45, 2.75) is 57.2 Å². The maximum atomic E-state index is 13.0. The molecule has 196 valence electrons. The Bertz CT molecular complexity index is 1350. The quantitative estimate of drug-likeness (QED) is 0.623. The Morgan fingerprint density at radius 3 is 2.55 bits per heavy atom. The van der Waals surface area contributed by atoms with Crippen molar-refractivity contribution in [3.63, 3.8) is 0 Å². The summed E-state index contributed by atoms with van der Waals surface area (Å²) in [6.45, 7) is 4.18. The first kappa shape index (κ1) is 23.6. The van der Waals surface area contributed by atoms with Crippen LogP contribution in [0.15, 0.2) is 42.5 Å². The third-order valence-electron chi connectivity index (χ3n) is 9.16. The second-order valence-electron chi connectivity index (χ2n) is 11.6. The van der Waals surface area contributed by atoms with E-state index in [2.05, 4.69) is 46.6 Å². The minimum absolute atomic E-state index is 0.120. The van der Waals surface area contributed by atoms with E-state index in [9.17, 15) is 19.2 Å². The topological polar surface area (TPSA) is 90.0 Å². The third-order valence-corrected chi connectivity index (χ3v) is 9.16. The molecule has 1 N–H and O–H groups in total.